The molecule has 4 heteroatoms. The van der Waals surface area contributed by atoms with Gasteiger partial charge in [-0.25, -0.2) is 15.0 Å². The zero-order valence-electron chi connectivity index (χ0n) is 52.1. The monoisotopic (exact) mass is 1200 g/mol. The molecule has 0 bridgehead atoms. The molecule has 0 saturated carbocycles. The van der Waals surface area contributed by atoms with E-state index in [1.54, 1.807) is 0 Å². The van der Waals surface area contributed by atoms with E-state index in [0.29, 0.717) is 17.5 Å². The molecule has 2 aromatic heterocycles. The van der Waals surface area contributed by atoms with Gasteiger partial charge in [-0.15, -0.1) is 0 Å². The molecule has 0 atom stereocenters. The van der Waals surface area contributed by atoms with Crippen LogP contribution in [-0.2, 0) is 5.41 Å². The van der Waals surface area contributed by atoms with Crippen LogP contribution in [0, 0.1) is 0 Å². The van der Waals surface area contributed by atoms with E-state index >= 15 is 0 Å². The first-order chi connectivity index (χ1) is 46.3. The Bertz CT molecular complexity index is 5180. The number of nitrogens with zero attached hydrogens (tertiary/aromatic N) is 4. The summed E-state index contributed by atoms with van der Waals surface area (Å²) < 4.78 is 2.50. The van der Waals surface area contributed by atoms with Gasteiger partial charge in [0.15, 0.2) is 17.5 Å². The minimum atomic E-state index is -0.323. The zero-order valence-corrected chi connectivity index (χ0v) is 52.1. The Labute approximate surface area is 548 Å². The van der Waals surface area contributed by atoms with E-state index in [4.69, 9.17) is 15.0 Å². The van der Waals surface area contributed by atoms with Gasteiger partial charge in [-0.3, -0.25) is 0 Å². The predicted molar refractivity (Wildman–Crippen MR) is 392 cm³/mol. The number of para-hydroxylation sites is 1. The molecule has 0 aliphatic carbocycles. The van der Waals surface area contributed by atoms with E-state index < -0.39 is 0 Å². The third-order valence-electron chi connectivity index (χ3n) is 18.9. The molecule has 0 amide bonds. The van der Waals surface area contributed by atoms with Crippen molar-refractivity contribution < 1.29 is 0 Å². The van der Waals surface area contributed by atoms with Crippen molar-refractivity contribution in [1.29, 1.82) is 0 Å². The van der Waals surface area contributed by atoms with Gasteiger partial charge in [0.05, 0.1) is 16.7 Å². The molecule has 14 aromatic carbocycles. The van der Waals surface area contributed by atoms with Crippen LogP contribution in [0.5, 0.6) is 0 Å². The quantitative estimate of drug-likeness (QED) is 0.122. The molecule has 94 heavy (non-hydrogen) atoms. The van der Waals surface area contributed by atoms with Crippen LogP contribution >= 0.6 is 0 Å². The summed E-state index contributed by atoms with van der Waals surface area (Å²) in [7, 11) is 0. The van der Waals surface area contributed by atoms with Gasteiger partial charge in [0.1, 0.15) is 0 Å². The van der Waals surface area contributed by atoms with Crippen molar-refractivity contribution in [3.05, 3.63) is 351 Å². The highest BCUT2D eigenvalue weighted by Crippen LogP contribution is 2.50. The lowest BCUT2D eigenvalue weighted by Gasteiger charge is -2.35. The van der Waals surface area contributed by atoms with Gasteiger partial charge in [-0.05, 0) is 208 Å². The van der Waals surface area contributed by atoms with Crippen LogP contribution in [0.25, 0.3) is 162 Å². The summed E-state index contributed by atoms with van der Waals surface area (Å²) in [5.41, 5.74) is 29.2. The fourth-order valence-electron chi connectivity index (χ4n) is 14.1. The van der Waals surface area contributed by atoms with E-state index in [1.165, 1.54) is 61.1 Å². The highest BCUT2D eigenvalue weighted by Gasteiger charge is 2.36. The standard InChI is InChI=1S/C90H62N4/c1-90(2)82-41-23-40-80-81-57-70(43-44-84(81)94(86(80)82)85-45-42-67(58-83(85)90)79-55-75(63-32-17-7-18-33-63)50-76(56-79)64-34-19-8-20-35-64)89-92-87(68-38-21-36-65(46-68)77-51-71(59-24-9-3-10-25-59)48-72(52-77)60-26-11-4-12-27-60)91-88(93-89)69-39-22-37-66(47-69)78-53-73(61-28-13-5-14-29-61)49-74(54-78)62-30-15-6-16-31-62/h3-58H,1-2H3. The maximum Gasteiger partial charge on any atom is 0.164 e. The molecule has 442 valence electrons. The fourth-order valence-corrected chi connectivity index (χ4v) is 14.1. The van der Waals surface area contributed by atoms with E-state index in [9.17, 15) is 0 Å². The lowest BCUT2D eigenvalue weighted by atomic mass is 9.74. The molecule has 0 radical (unpaired) electrons. The van der Waals surface area contributed by atoms with Gasteiger partial charge in [-0.1, -0.05) is 257 Å². The van der Waals surface area contributed by atoms with Gasteiger partial charge >= 0.3 is 0 Å². The molecule has 3 heterocycles. The Morgan fingerprint density at radius 1 is 0.213 bits per heavy atom. The van der Waals surface area contributed by atoms with Crippen LogP contribution in [0.1, 0.15) is 25.0 Å². The number of aromatic nitrogens is 4. The molecule has 1 aliphatic rings. The van der Waals surface area contributed by atoms with E-state index in [0.717, 1.165) is 94.4 Å². The Balaban J connectivity index is 0.818. The van der Waals surface area contributed by atoms with Crippen molar-refractivity contribution in [3.8, 4) is 140 Å². The molecule has 0 saturated heterocycles. The van der Waals surface area contributed by atoms with Crippen molar-refractivity contribution in [3.63, 3.8) is 0 Å². The number of benzene rings is 14. The first-order valence-electron chi connectivity index (χ1n) is 32.3. The van der Waals surface area contributed by atoms with Gasteiger partial charge in [0, 0.05) is 32.9 Å². The zero-order chi connectivity index (χ0) is 62.7. The maximum absolute atomic E-state index is 5.50. The Morgan fingerprint density at radius 3 is 0.872 bits per heavy atom. The number of hydrogen-bond donors (Lipinski definition) is 0. The maximum atomic E-state index is 5.50. The number of fused-ring (bicyclic) bond motifs is 5. The summed E-state index contributed by atoms with van der Waals surface area (Å²) in [6.07, 6.45) is 0. The predicted octanol–water partition coefficient (Wildman–Crippen LogP) is 23.6. The SMILES string of the molecule is CC1(C)c2cc(-c3cc(-c4ccccc4)cc(-c4ccccc4)c3)ccc2-n2c3ccc(-c4nc(-c5cccc(-c6cc(-c7ccccc7)cc(-c7ccccc7)c6)c5)nc(-c5cccc(-c6cc(-c7ccccc7)cc(-c7ccccc7)c6)c5)n4)cc3c3cccc1c32. The van der Waals surface area contributed by atoms with Crippen molar-refractivity contribution in [2.45, 2.75) is 19.3 Å². The topological polar surface area (TPSA) is 43.6 Å². The molecule has 4 nitrogen and oxygen atoms in total. The number of rotatable bonds is 12. The molecular formula is C90H62N4. The summed E-state index contributed by atoms with van der Waals surface area (Å²) in [4.78, 5) is 16.5. The van der Waals surface area contributed by atoms with Crippen LogP contribution in [0.4, 0.5) is 0 Å². The number of hydrogen-bond acceptors (Lipinski definition) is 3. The first kappa shape index (κ1) is 55.9. The Hall–Kier alpha value is -12.1. The molecule has 0 unspecified atom stereocenters. The second-order valence-electron chi connectivity index (χ2n) is 25.2. The van der Waals surface area contributed by atoms with E-state index in [-0.39, 0.29) is 5.41 Å². The molecule has 0 fully saturated rings. The second-order valence-corrected chi connectivity index (χ2v) is 25.2. The summed E-state index contributed by atoms with van der Waals surface area (Å²) >= 11 is 0. The van der Waals surface area contributed by atoms with Crippen molar-refractivity contribution in [2.75, 3.05) is 0 Å². The lowest BCUT2D eigenvalue weighted by molar-refractivity contribution is 0.630. The normalized spacial score (nSPS) is 12.2. The largest absolute Gasteiger partial charge is 0.309 e. The Morgan fingerprint density at radius 2 is 0.500 bits per heavy atom. The minimum absolute atomic E-state index is 0.323. The van der Waals surface area contributed by atoms with Crippen LogP contribution in [-0.4, -0.2) is 19.5 Å². The highest BCUT2D eigenvalue weighted by atomic mass is 15.0. The summed E-state index contributed by atoms with van der Waals surface area (Å²) in [6.45, 7) is 4.77. The third-order valence-corrected chi connectivity index (χ3v) is 18.9. The van der Waals surface area contributed by atoms with Crippen molar-refractivity contribution >= 4 is 21.8 Å². The molecular weight excluding hydrogens is 1140 g/mol. The molecule has 1 aliphatic heterocycles. The highest BCUT2D eigenvalue weighted by molar-refractivity contribution is 6.12. The van der Waals surface area contributed by atoms with Gasteiger partial charge in [-0.2, -0.15) is 0 Å². The van der Waals surface area contributed by atoms with Crippen molar-refractivity contribution in [1.82, 2.24) is 19.5 Å². The average molecular weight is 1200 g/mol. The minimum Gasteiger partial charge on any atom is -0.309 e. The molecule has 0 N–H and O–H groups in total. The van der Waals surface area contributed by atoms with Gasteiger partial charge < -0.3 is 4.57 Å². The summed E-state index contributed by atoms with van der Waals surface area (Å²) in [6, 6.07) is 123. The fraction of sp³-hybridized carbons (Fsp3) is 0.0333. The van der Waals surface area contributed by atoms with Crippen LogP contribution in [0.3, 0.4) is 0 Å². The molecule has 0 spiro atoms. The van der Waals surface area contributed by atoms with Crippen LogP contribution < -0.4 is 0 Å². The van der Waals surface area contributed by atoms with E-state index in [1.807, 2.05) is 0 Å². The van der Waals surface area contributed by atoms with Crippen LogP contribution in [0.15, 0.2) is 340 Å². The first-order valence-corrected chi connectivity index (χ1v) is 32.3. The summed E-state index contributed by atoms with van der Waals surface area (Å²) in [5, 5.41) is 2.33. The summed E-state index contributed by atoms with van der Waals surface area (Å²) in [5.74, 6) is 1.77. The van der Waals surface area contributed by atoms with Gasteiger partial charge in [0.25, 0.3) is 0 Å². The average Bonchev–Trinajstić information content (AvgIpc) is 1.50. The second kappa shape index (κ2) is 23.3. The lowest BCUT2D eigenvalue weighted by Crippen LogP contribution is -2.26. The molecule has 16 aromatic rings. The Kier molecular flexibility index (Phi) is 13.9. The van der Waals surface area contributed by atoms with Crippen molar-refractivity contribution in [2.24, 2.45) is 0 Å². The van der Waals surface area contributed by atoms with Crippen LogP contribution in [0.2, 0.25) is 0 Å². The third kappa shape index (κ3) is 10.3. The smallest absolute Gasteiger partial charge is 0.164 e. The van der Waals surface area contributed by atoms with Gasteiger partial charge in [0.2, 0.25) is 0 Å². The molecule has 17 rings (SSSR count). The van der Waals surface area contributed by atoms with E-state index in [2.05, 4.69) is 358 Å².